The Bertz CT molecular complexity index is 496. The molecule has 1 aromatic carbocycles. The lowest BCUT2D eigenvalue weighted by Crippen LogP contribution is -2.27. The van der Waals surface area contributed by atoms with E-state index in [2.05, 4.69) is 5.32 Å². The number of nitrogens with one attached hydrogen (secondary N) is 1. The predicted molar refractivity (Wildman–Crippen MR) is 76.6 cm³/mol. The largest absolute Gasteiger partial charge is 0.417 e. The second-order valence-electron chi connectivity index (χ2n) is 5.50. The van der Waals surface area contributed by atoms with Crippen LogP contribution in [0.25, 0.3) is 0 Å². The standard InChI is InChI=1S/C16H20F3NO2/c17-16(18,19)14-6-2-1-5-13(14)15(21)20-9-3-4-12-7-10-22-11-8-12/h1-2,5-6,12H,3-4,7-11H2,(H,20,21). The Morgan fingerprint density at radius 3 is 2.59 bits per heavy atom. The molecule has 1 N–H and O–H groups in total. The van der Waals surface area contributed by atoms with Crippen molar-refractivity contribution in [3.63, 3.8) is 0 Å². The van der Waals surface area contributed by atoms with Crippen LogP contribution in [0.3, 0.4) is 0 Å². The first-order valence-electron chi connectivity index (χ1n) is 7.50. The molecule has 1 aliphatic rings. The maximum atomic E-state index is 12.8. The number of carbonyl (C=O) groups excluding carboxylic acids is 1. The van der Waals surface area contributed by atoms with Gasteiger partial charge in [0.05, 0.1) is 11.1 Å². The number of carbonyl (C=O) groups is 1. The highest BCUT2D eigenvalue weighted by molar-refractivity contribution is 5.95. The molecule has 0 unspecified atom stereocenters. The fourth-order valence-electron chi connectivity index (χ4n) is 2.65. The summed E-state index contributed by atoms with van der Waals surface area (Å²) in [5.74, 6) is -0.0759. The van der Waals surface area contributed by atoms with Gasteiger partial charge in [0.25, 0.3) is 5.91 Å². The minimum Gasteiger partial charge on any atom is -0.381 e. The Morgan fingerprint density at radius 1 is 1.23 bits per heavy atom. The van der Waals surface area contributed by atoms with Crippen LogP contribution in [0.2, 0.25) is 0 Å². The van der Waals surface area contributed by atoms with Crippen molar-refractivity contribution in [2.75, 3.05) is 19.8 Å². The van der Waals surface area contributed by atoms with Crippen LogP contribution >= 0.6 is 0 Å². The average Bonchev–Trinajstić information content (AvgIpc) is 2.51. The molecule has 0 atom stereocenters. The summed E-state index contributed by atoms with van der Waals surface area (Å²) in [6.07, 6.45) is -0.749. The first-order valence-corrected chi connectivity index (χ1v) is 7.50. The minimum atomic E-state index is -4.52. The third-order valence-corrected chi connectivity index (χ3v) is 3.89. The number of rotatable bonds is 5. The fraction of sp³-hybridized carbons (Fsp3) is 0.562. The van der Waals surface area contributed by atoms with Crippen molar-refractivity contribution in [1.29, 1.82) is 0 Å². The lowest BCUT2D eigenvalue weighted by molar-refractivity contribution is -0.137. The zero-order valence-corrected chi connectivity index (χ0v) is 12.3. The predicted octanol–water partition coefficient (Wildman–Crippen LogP) is 3.64. The van der Waals surface area contributed by atoms with Crippen molar-refractivity contribution >= 4 is 5.91 Å². The van der Waals surface area contributed by atoms with Gasteiger partial charge in [-0.2, -0.15) is 13.2 Å². The molecule has 0 spiro atoms. The van der Waals surface area contributed by atoms with E-state index in [0.717, 1.165) is 45.0 Å². The molecule has 1 fully saturated rings. The third kappa shape index (κ3) is 4.73. The molecule has 0 aromatic heterocycles. The van der Waals surface area contributed by atoms with Crippen LogP contribution in [0, 0.1) is 5.92 Å². The molecule has 1 aliphatic heterocycles. The molecule has 122 valence electrons. The summed E-state index contributed by atoms with van der Waals surface area (Å²) < 4.78 is 43.8. The van der Waals surface area contributed by atoms with Gasteiger partial charge in [-0.3, -0.25) is 4.79 Å². The molecule has 0 radical (unpaired) electrons. The van der Waals surface area contributed by atoms with E-state index < -0.39 is 17.6 Å². The first kappa shape index (κ1) is 16.8. The van der Waals surface area contributed by atoms with E-state index in [1.165, 1.54) is 18.2 Å². The fourth-order valence-corrected chi connectivity index (χ4v) is 2.65. The minimum absolute atomic E-state index is 0.318. The van der Waals surface area contributed by atoms with Gasteiger partial charge in [0, 0.05) is 19.8 Å². The topological polar surface area (TPSA) is 38.3 Å². The second kappa shape index (κ2) is 7.63. The summed E-state index contributed by atoms with van der Waals surface area (Å²) in [5.41, 5.74) is -1.21. The van der Waals surface area contributed by atoms with Crippen LogP contribution < -0.4 is 5.32 Å². The quantitative estimate of drug-likeness (QED) is 0.843. The molecule has 1 amide bonds. The van der Waals surface area contributed by atoms with Crippen molar-refractivity contribution in [3.05, 3.63) is 35.4 Å². The molecule has 6 heteroatoms. The number of amides is 1. The Kier molecular flexibility index (Phi) is 5.83. The molecular formula is C16H20F3NO2. The summed E-state index contributed by atoms with van der Waals surface area (Å²) in [6.45, 7) is 1.94. The van der Waals surface area contributed by atoms with Gasteiger partial charge in [0.2, 0.25) is 0 Å². The highest BCUT2D eigenvalue weighted by atomic mass is 19.4. The lowest BCUT2D eigenvalue weighted by atomic mass is 9.95. The number of hydrogen-bond donors (Lipinski definition) is 1. The van der Waals surface area contributed by atoms with E-state index in [9.17, 15) is 18.0 Å². The van der Waals surface area contributed by atoms with Crippen LogP contribution in [0.1, 0.15) is 41.6 Å². The van der Waals surface area contributed by atoms with Crippen molar-refractivity contribution in [1.82, 2.24) is 5.32 Å². The molecule has 1 aromatic rings. The van der Waals surface area contributed by atoms with E-state index >= 15 is 0 Å². The second-order valence-corrected chi connectivity index (χ2v) is 5.50. The van der Waals surface area contributed by atoms with Crippen LogP contribution in [0.15, 0.2) is 24.3 Å². The Labute approximate surface area is 127 Å². The van der Waals surface area contributed by atoms with Gasteiger partial charge in [-0.05, 0) is 43.7 Å². The zero-order valence-electron chi connectivity index (χ0n) is 12.3. The van der Waals surface area contributed by atoms with Crippen LogP contribution in [-0.2, 0) is 10.9 Å². The molecule has 1 heterocycles. The van der Waals surface area contributed by atoms with Crippen molar-refractivity contribution in [3.8, 4) is 0 Å². The number of ether oxygens (including phenoxy) is 1. The zero-order chi connectivity index (χ0) is 16.0. The van der Waals surface area contributed by atoms with Gasteiger partial charge in [-0.25, -0.2) is 0 Å². The van der Waals surface area contributed by atoms with Gasteiger partial charge < -0.3 is 10.1 Å². The van der Waals surface area contributed by atoms with Gasteiger partial charge in [-0.15, -0.1) is 0 Å². The monoisotopic (exact) mass is 315 g/mol. The summed E-state index contributed by atoms with van der Waals surface area (Å²) in [4.78, 5) is 11.9. The van der Waals surface area contributed by atoms with Gasteiger partial charge >= 0.3 is 6.18 Å². The average molecular weight is 315 g/mol. The number of alkyl halides is 3. The molecule has 22 heavy (non-hydrogen) atoms. The highest BCUT2D eigenvalue weighted by Crippen LogP contribution is 2.31. The molecule has 0 aliphatic carbocycles. The molecular weight excluding hydrogens is 295 g/mol. The Morgan fingerprint density at radius 2 is 1.91 bits per heavy atom. The third-order valence-electron chi connectivity index (χ3n) is 3.89. The molecule has 1 saturated heterocycles. The summed E-state index contributed by atoms with van der Waals surface area (Å²) in [6, 6.07) is 4.85. The van der Waals surface area contributed by atoms with Gasteiger partial charge in [0.1, 0.15) is 0 Å². The van der Waals surface area contributed by atoms with Gasteiger partial charge in [-0.1, -0.05) is 12.1 Å². The highest BCUT2D eigenvalue weighted by Gasteiger charge is 2.34. The van der Waals surface area contributed by atoms with Crippen molar-refractivity contribution in [2.24, 2.45) is 5.92 Å². The molecule has 0 bridgehead atoms. The SMILES string of the molecule is O=C(NCCCC1CCOCC1)c1ccccc1C(F)(F)F. The lowest BCUT2D eigenvalue weighted by Gasteiger charge is -2.21. The van der Waals surface area contributed by atoms with Crippen LogP contribution in [0.4, 0.5) is 13.2 Å². The Hall–Kier alpha value is -1.56. The van der Waals surface area contributed by atoms with E-state index in [1.54, 1.807) is 0 Å². The van der Waals surface area contributed by atoms with E-state index in [-0.39, 0.29) is 5.56 Å². The van der Waals surface area contributed by atoms with E-state index in [0.29, 0.717) is 12.5 Å². The molecule has 0 saturated carbocycles. The molecule has 2 rings (SSSR count). The van der Waals surface area contributed by atoms with Crippen LogP contribution in [-0.4, -0.2) is 25.7 Å². The van der Waals surface area contributed by atoms with Crippen molar-refractivity contribution in [2.45, 2.75) is 31.9 Å². The van der Waals surface area contributed by atoms with E-state index in [4.69, 9.17) is 4.74 Å². The summed E-state index contributed by atoms with van der Waals surface area (Å²) in [7, 11) is 0. The maximum Gasteiger partial charge on any atom is 0.417 e. The summed E-state index contributed by atoms with van der Waals surface area (Å²) >= 11 is 0. The smallest absolute Gasteiger partial charge is 0.381 e. The number of halogens is 3. The summed E-state index contributed by atoms with van der Waals surface area (Å²) in [5, 5.41) is 2.58. The van der Waals surface area contributed by atoms with Gasteiger partial charge in [0.15, 0.2) is 0 Å². The van der Waals surface area contributed by atoms with Crippen molar-refractivity contribution < 1.29 is 22.7 Å². The van der Waals surface area contributed by atoms with Crippen LogP contribution in [0.5, 0.6) is 0 Å². The number of benzene rings is 1. The normalized spacial score (nSPS) is 16.5. The maximum absolute atomic E-state index is 12.8. The first-order chi connectivity index (χ1) is 10.5. The number of hydrogen-bond acceptors (Lipinski definition) is 2. The van der Waals surface area contributed by atoms with E-state index in [1.807, 2.05) is 0 Å². The Balaban J connectivity index is 1.82. The molecule has 3 nitrogen and oxygen atoms in total.